The normalized spacial score (nSPS) is 11.4. The van der Waals surface area contributed by atoms with Gasteiger partial charge in [-0.15, -0.1) is 5.10 Å². The lowest BCUT2D eigenvalue weighted by atomic mass is 9.92. The summed E-state index contributed by atoms with van der Waals surface area (Å²) in [5.74, 6) is -0.180. The maximum atomic E-state index is 12.7. The lowest BCUT2D eigenvalue weighted by Gasteiger charge is -2.16. The zero-order valence-corrected chi connectivity index (χ0v) is 19.7. The molecule has 0 aliphatic heterocycles. The van der Waals surface area contributed by atoms with Crippen LogP contribution < -0.4 is 10.6 Å². The van der Waals surface area contributed by atoms with Gasteiger partial charge in [0.1, 0.15) is 10.8 Å². The minimum atomic E-state index is -0.612. The Morgan fingerprint density at radius 1 is 1.12 bits per heavy atom. The molecule has 0 atom stereocenters. The van der Waals surface area contributed by atoms with Gasteiger partial charge >= 0.3 is 6.09 Å². The summed E-state index contributed by atoms with van der Waals surface area (Å²) in [6, 6.07) is 10.9. The molecule has 0 aliphatic rings. The zero-order chi connectivity index (χ0) is 24.6. The maximum Gasteiger partial charge on any atom is 0.411 e. The summed E-state index contributed by atoms with van der Waals surface area (Å²) < 4.78 is 6.04. The standard InChI is InChI=1S/C23H23ClN6O4/c1-23(2,3)18-17(24)20-27-19(29-30(20)28-18)13-7-10-16(31)15(11-13)26-21(32)12-5-8-14(9-6-12)25-22(33)34-4/h5-11,28,31H,1-4H3,(H,25,33)(H,26,32). The average molecular weight is 483 g/mol. The third-order valence-electron chi connectivity index (χ3n) is 5.07. The molecule has 4 N–H and O–H groups in total. The van der Waals surface area contributed by atoms with E-state index in [1.54, 1.807) is 24.3 Å². The van der Waals surface area contributed by atoms with Gasteiger partial charge in [-0.1, -0.05) is 32.4 Å². The third-order valence-corrected chi connectivity index (χ3v) is 5.43. The molecule has 0 fully saturated rings. The van der Waals surface area contributed by atoms with Crippen LogP contribution in [-0.4, -0.2) is 44.0 Å². The molecule has 0 unspecified atom stereocenters. The van der Waals surface area contributed by atoms with E-state index < -0.39 is 12.0 Å². The number of phenolic OH excluding ortho intramolecular Hbond substituents is 1. The number of rotatable bonds is 4. The fourth-order valence-corrected chi connectivity index (χ4v) is 3.71. The zero-order valence-electron chi connectivity index (χ0n) is 18.9. The average Bonchev–Trinajstić information content (AvgIpc) is 3.35. The summed E-state index contributed by atoms with van der Waals surface area (Å²) in [7, 11) is 1.26. The van der Waals surface area contributed by atoms with Crippen molar-refractivity contribution in [1.29, 1.82) is 0 Å². The predicted molar refractivity (Wildman–Crippen MR) is 129 cm³/mol. The molecule has 2 heterocycles. The molecule has 0 radical (unpaired) electrons. The number of anilines is 2. The monoisotopic (exact) mass is 482 g/mol. The van der Waals surface area contributed by atoms with Crippen molar-refractivity contribution < 1.29 is 19.4 Å². The quantitative estimate of drug-likeness (QED) is 0.308. The molecular weight excluding hydrogens is 460 g/mol. The van der Waals surface area contributed by atoms with E-state index >= 15 is 0 Å². The van der Waals surface area contributed by atoms with Crippen molar-refractivity contribution in [3.8, 4) is 17.1 Å². The van der Waals surface area contributed by atoms with E-state index in [0.717, 1.165) is 5.69 Å². The molecule has 0 saturated heterocycles. The van der Waals surface area contributed by atoms with Crippen LogP contribution in [0.5, 0.6) is 5.75 Å². The van der Waals surface area contributed by atoms with Gasteiger partial charge in [0.25, 0.3) is 5.91 Å². The lowest BCUT2D eigenvalue weighted by molar-refractivity contribution is 0.102. The number of halogens is 1. The first-order chi connectivity index (χ1) is 16.1. The molecular formula is C23H23ClN6O4. The molecule has 34 heavy (non-hydrogen) atoms. The predicted octanol–water partition coefficient (Wildman–Crippen LogP) is 4.81. The molecule has 2 aromatic heterocycles. The summed E-state index contributed by atoms with van der Waals surface area (Å²) in [5, 5.41) is 23.5. The van der Waals surface area contributed by atoms with E-state index in [1.807, 2.05) is 20.8 Å². The Balaban J connectivity index is 1.56. The summed E-state index contributed by atoms with van der Waals surface area (Å²) in [5.41, 5.74) is 2.68. The van der Waals surface area contributed by atoms with Crippen molar-refractivity contribution in [2.75, 3.05) is 17.7 Å². The highest BCUT2D eigenvalue weighted by molar-refractivity contribution is 6.34. The van der Waals surface area contributed by atoms with Gasteiger partial charge in [-0.2, -0.15) is 4.63 Å². The van der Waals surface area contributed by atoms with Gasteiger partial charge in [0.05, 0.1) is 18.5 Å². The summed E-state index contributed by atoms with van der Waals surface area (Å²) >= 11 is 6.50. The van der Waals surface area contributed by atoms with E-state index in [4.69, 9.17) is 11.6 Å². The highest BCUT2D eigenvalue weighted by atomic mass is 35.5. The number of phenols is 1. The van der Waals surface area contributed by atoms with Gasteiger partial charge in [0.15, 0.2) is 11.5 Å². The number of methoxy groups -OCH3 is 1. The van der Waals surface area contributed by atoms with E-state index in [0.29, 0.717) is 33.3 Å². The van der Waals surface area contributed by atoms with Gasteiger partial charge < -0.3 is 15.2 Å². The maximum absolute atomic E-state index is 12.7. The number of nitrogens with one attached hydrogen (secondary N) is 3. The van der Waals surface area contributed by atoms with Crippen LogP contribution in [0.3, 0.4) is 0 Å². The van der Waals surface area contributed by atoms with Crippen LogP contribution in [0.2, 0.25) is 5.02 Å². The van der Waals surface area contributed by atoms with Crippen molar-refractivity contribution >= 4 is 40.6 Å². The summed E-state index contributed by atoms with van der Waals surface area (Å²) in [4.78, 5) is 28.5. The third kappa shape index (κ3) is 4.53. The summed E-state index contributed by atoms with van der Waals surface area (Å²) in [6.07, 6.45) is -0.612. The van der Waals surface area contributed by atoms with Gasteiger partial charge in [-0.25, -0.2) is 9.78 Å². The topological polar surface area (TPSA) is 134 Å². The number of amides is 2. The number of carbonyl (C=O) groups excluding carboxylic acids is 2. The number of hydrogen-bond acceptors (Lipinski definition) is 6. The van der Waals surface area contributed by atoms with Crippen molar-refractivity contribution in [3.05, 3.63) is 58.7 Å². The van der Waals surface area contributed by atoms with Gasteiger partial charge in [-0.05, 0) is 42.5 Å². The molecule has 11 heteroatoms. The number of fused-ring (bicyclic) bond motifs is 1. The second kappa shape index (κ2) is 8.71. The molecule has 0 spiro atoms. The minimum Gasteiger partial charge on any atom is -0.506 e. The first kappa shape index (κ1) is 23.1. The fraction of sp³-hybridized carbons (Fsp3) is 0.217. The highest BCUT2D eigenvalue weighted by Gasteiger charge is 2.24. The molecule has 2 amide bonds. The number of ether oxygens (including phenoxy) is 1. The van der Waals surface area contributed by atoms with E-state index in [2.05, 4.69) is 30.6 Å². The SMILES string of the molecule is COC(=O)Nc1ccc(C(=O)Nc2cc(-c3nc4c(Cl)c(C(C)(C)C)[nH]n4n3)ccc2O)cc1. The lowest BCUT2D eigenvalue weighted by Crippen LogP contribution is -2.13. The van der Waals surface area contributed by atoms with Gasteiger partial charge in [0.2, 0.25) is 0 Å². The van der Waals surface area contributed by atoms with Crippen molar-refractivity contribution in [2.45, 2.75) is 26.2 Å². The fourth-order valence-electron chi connectivity index (χ4n) is 3.26. The molecule has 0 saturated carbocycles. The van der Waals surface area contributed by atoms with Crippen LogP contribution in [0.25, 0.3) is 17.0 Å². The first-order valence-electron chi connectivity index (χ1n) is 10.3. The number of hydrogen-bond donors (Lipinski definition) is 4. The molecule has 176 valence electrons. The van der Waals surface area contributed by atoms with Crippen molar-refractivity contribution in [1.82, 2.24) is 19.8 Å². The molecule has 4 aromatic rings. The van der Waals surface area contributed by atoms with Crippen LogP contribution in [0.4, 0.5) is 16.2 Å². The number of aromatic amines is 1. The van der Waals surface area contributed by atoms with E-state index in [-0.39, 0.29) is 16.9 Å². The Hall–Kier alpha value is -4.05. The van der Waals surface area contributed by atoms with Crippen LogP contribution in [0.1, 0.15) is 36.8 Å². The number of aromatic nitrogens is 4. The number of aromatic hydroxyl groups is 1. The number of carbonyl (C=O) groups is 2. The Bertz CT molecular complexity index is 1390. The van der Waals surface area contributed by atoms with Crippen LogP contribution in [0.15, 0.2) is 42.5 Å². The number of benzene rings is 2. The molecule has 4 rings (SSSR count). The Labute approximate surface area is 199 Å². The molecule has 2 aromatic carbocycles. The second-order valence-electron chi connectivity index (χ2n) is 8.60. The van der Waals surface area contributed by atoms with Gasteiger partial charge in [0, 0.05) is 22.2 Å². The molecule has 10 nitrogen and oxygen atoms in total. The Morgan fingerprint density at radius 3 is 2.44 bits per heavy atom. The van der Waals surface area contributed by atoms with Crippen LogP contribution in [-0.2, 0) is 10.2 Å². The number of nitrogens with zero attached hydrogens (tertiary/aromatic N) is 3. The van der Waals surface area contributed by atoms with Crippen molar-refractivity contribution in [3.63, 3.8) is 0 Å². The first-order valence-corrected chi connectivity index (χ1v) is 10.7. The molecule has 0 bridgehead atoms. The Kier molecular flexibility index (Phi) is 5.92. The van der Waals surface area contributed by atoms with E-state index in [9.17, 15) is 14.7 Å². The molecule has 0 aliphatic carbocycles. The highest BCUT2D eigenvalue weighted by Crippen LogP contribution is 2.33. The summed E-state index contributed by atoms with van der Waals surface area (Å²) in [6.45, 7) is 6.09. The largest absolute Gasteiger partial charge is 0.506 e. The van der Waals surface area contributed by atoms with Gasteiger partial charge in [-0.3, -0.25) is 15.2 Å². The van der Waals surface area contributed by atoms with Crippen LogP contribution >= 0.6 is 11.6 Å². The smallest absolute Gasteiger partial charge is 0.411 e. The van der Waals surface area contributed by atoms with Crippen LogP contribution in [0, 0.1) is 0 Å². The van der Waals surface area contributed by atoms with Crippen molar-refractivity contribution in [2.24, 2.45) is 0 Å². The Morgan fingerprint density at radius 2 is 1.82 bits per heavy atom. The van der Waals surface area contributed by atoms with E-state index in [1.165, 1.54) is 29.9 Å². The second-order valence-corrected chi connectivity index (χ2v) is 8.98. The number of H-pyrrole nitrogens is 1. The minimum absolute atomic E-state index is 0.112.